The number of aromatic amines is 1. The van der Waals surface area contributed by atoms with Gasteiger partial charge >= 0.3 is 0 Å². The van der Waals surface area contributed by atoms with Crippen LogP contribution in [0.1, 0.15) is 42.9 Å². The summed E-state index contributed by atoms with van der Waals surface area (Å²) in [7, 11) is 0. The molecule has 0 unspecified atom stereocenters. The molecule has 1 aromatic carbocycles. The largest absolute Gasteiger partial charge is 0.393 e. The van der Waals surface area contributed by atoms with E-state index in [1.165, 1.54) is 29.7 Å². The zero-order valence-corrected chi connectivity index (χ0v) is 11.2. The van der Waals surface area contributed by atoms with Gasteiger partial charge in [0.15, 0.2) is 0 Å². The molecule has 1 aliphatic rings. The molecule has 3 N–H and O–H groups in total. The predicted octanol–water partition coefficient (Wildman–Crippen LogP) is 2.60. The highest BCUT2D eigenvalue weighted by Gasteiger charge is 2.23. The molecule has 0 atom stereocenters. The van der Waals surface area contributed by atoms with Crippen molar-refractivity contribution >= 4 is 5.69 Å². The van der Waals surface area contributed by atoms with Crippen LogP contribution >= 0.6 is 0 Å². The maximum Gasteiger partial charge on any atom is 0.290 e. The third-order valence-corrected chi connectivity index (χ3v) is 4.04. The number of hydrogen-bond acceptors (Lipinski definition) is 2. The number of benzene rings is 1. The van der Waals surface area contributed by atoms with E-state index in [4.69, 9.17) is 5.73 Å². The molecule has 1 fully saturated rings. The molecule has 0 spiro atoms. The van der Waals surface area contributed by atoms with E-state index in [-0.39, 0.29) is 11.4 Å². The van der Waals surface area contributed by atoms with Crippen LogP contribution in [0.25, 0.3) is 0 Å². The summed E-state index contributed by atoms with van der Waals surface area (Å²) < 4.78 is 14.4. The number of hydrogen-bond donors (Lipinski definition) is 2. The van der Waals surface area contributed by atoms with Crippen LogP contribution in [-0.4, -0.2) is 9.78 Å². The van der Waals surface area contributed by atoms with Crippen molar-refractivity contribution in [3.63, 3.8) is 0 Å². The lowest BCUT2D eigenvalue weighted by Gasteiger charge is -2.07. The molecular weight excluding hydrogens is 257 g/mol. The molecule has 0 radical (unpaired) electrons. The fourth-order valence-corrected chi connectivity index (χ4v) is 2.93. The molecule has 106 valence electrons. The quantitative estimate of drug-likeness (QED) is 0.904. The molecule has 1 aromatic heterocycles. The Kier molecular flexibility index (Phi) is 3.34. The maximum absolute atomic E-state index is 12.9. The van der Waals surface area contributed by atoms with Crippen molar-refractivity contribution in [2.24, 2.45) is 0 Å². The smallest absolute Gasteiger partial charge is 0.290 e. The SMILES string of the molecule is Nc1c(C2CCCC2)[nH]n(Cc2ccc(F)cc2)c1=O. The summed E-state index contributed by atoms with van der Waals surface area (Å²) in [5.41, 5.74) is 7.82. The highest BCUT2D eigenvalue weighted by atomic mass is 19.1. The molecule has 20 heavy (non-hydrogen) atoms. The summed E-state index contributed by atoms with van der Waals surface area (Å²) in [6, 6.07) is 6.14. The van der Waals surface area contributed by atoms with Gasteiger partial charge in [0.2, 0.25) is 0 Å². The molecular formula is C15H18FN3O. The summed E-state index contributed by atoms with van der Waals surface area (Å²) in [5, 5.41) is 3.14. The average Bonchev–Trinajstić information content (AvgIpc) is 3.05. The number of rotatable bonds is 3. The first-order chi connectivity index (χ1) is 9.65. The molecule has 1 saturated carbocycles. The second kappa shape index (κ2) is 5.15. The van der Waals surface area contributed by atoms with Crippen LogP contribution in [-0.2, 0) is 6.54 Å². The summed E-state index contributed by atoms with van der Waals surface area (Å²) in [6.45, 7) is 0.385. The number of nitrogens with two attached hydrogens (primary N) is 1. The van der Waals surface area contributed by atoms with E-state index in [1.54, 1.807) is 12.1 Å². The summed E-state index contributed by atoms with van der Waals surface area (Å²) >= 11 is 0. The van der Waals surface area contributed by atoms with Gasteiger partial charge in [0.25, 0.3) is 5.56 Å². The van der Waals surface area contributed by atoms with E-state index >= 15 is 0 Å². The van der Waals surface area contributed by atoms with Gasteiger partial charge in [-0.15, -0.1) is 0 Å². The molecule has 1 aliphatic carbocycles. The molecule has 4 nitrogen and oxygen atoms in total. The van der Waals surface area contributed by atoms with Crippen molar-refractivity contribution in [2.75, 3.05) is 5.73 Å². The minimum absolute atomic E-state index is 0.184. The number of nitrogens with zero attached hydrogens (tertiary/aromatic N) is 1. The van der Waals surface area contributed by atoms with Crippen molar-refractivity contribution in [2.45, 2.75) is 38.1 Å². The Bertz CT molecular complexity index is 651. The third kappa shape index (κ3) is 2.35. The van der Waals surface area contributed by atoms with Crippen molar-refractivity contribution in [3.05, 3.63) is 51.7 Å². The van der Waals surface area contributed by atoms with Gasteiger partial charge in [0.1, 0.15) is 11.5 Å². The summed E-state index contributed by atoms with van der Waals surface area (Å²) in [4.78, 5) is 12.2. The number of nitrogen functional groups attached to an aromatic ring is 1. The zero-order valence-electron chi connectivity index (χ0n) is 11.2. The van der Waals surface area contributed by atoms with E-state index in [2.05, 4.69) is 5.10 Å². The highest BCUT2D eigenvalue weighted by Crippen LogP contribution is 2.34. The van der Waals surface area contributed by atoms with Crippen molar-refractivity contribution < 1.29 is 4.39 Å². The van der Waals surface area contributed by atoms with Crippen LogP contribution in [0.4, 0.5) is 10.1 Å². The molecule has 0 bridgehead atoms. The summed E-state index contributed by atoms with van der Waals surface area (Å²) in [5.74, 6) is 0.0934. The van der Waals surface area contributed by atoms with Crippen LogP contribution < -0.4 is 11.3 Å². The minimum atomic E-state index is -0.279. The average molecular weight is 275 g/mol. The van der Waals surface area contributed by atoms with Gasteiger partial charge in [-0.05, 0) is 30.5 Å². The minimum Gasteiger partial charge on any atom is -0.393 e. The first-order valence-electron chi connectivity index (χ1n) is 6.98. The fraction of sp³-hybridized carbons (Fsp3) is 0.400. The van der Waals surface area contributed by atoms with Gasteiger partial charge in [-0.1, -0.05) is 25.0 Å². The second-order valence-electron chi connectivity index (χ2n) is 5.44. The number of H-pyrrole nitrogens is 1. The zero-order chi connectivity index (χ0) is 14.1. The van der Waals surface area contributed by atoms with Crippen LogP contribution in [0.3, 0.4) is 0 Å². The highest BCUT2D eigenvalue weighted by molar-refractivity contribution is 5.43. The Balaban J connectivity index is 1.88. The Labute approximate surface area is 116 Å². The van der Waals surface area contributed by atoms with E-state index in [0.29, 0.717) is 18.2 Å². The van der Waals surface area contributed by atoms with Gasteiger partial charge in [0, 0.05) is 5.92 Å². The number of anilines is 1. The van der Waals surface area contributed by atoms with E-state index in [0.717, 1.165) is 24.1 Å². The van der Waals surface area contributed by atoms with Gasteiger partial charge in [-0.25, -0.2) is 9.07 Å². The summed E-state index contributed by atoms with van der Waals surface area (Å²) in [6.07, 6.45) is 4.55. The molecule has 5 heteroatoms. The van der Waals surface area contributed by atoms with E-state index in [1.807, 2.05) is 0 Å². The molecule has 1 heterocycles. The molecule has 0 saturated heterocycles. The number of nitrogens with one attached hydrogen (secondary N) is 1. The van der Waals surface area contributed by atoms with Crippen molar-refractivity contribution in [1.82, 2.24) is 9.78 Å². The predicted molar refractivity (Wildman–Crippen MR) is 76.2 cm³/mol. The van der Waals surface area contributed by atoms with Crippen LogP contribution in [0.15, 0.2) is 29.1 Å². The molecule has 2 aromatic rings. The monoisotopic (exact) mass is 275 g/mol. The first-order valence-corrected chi connectivity index (χ1v) is 6.98. The maximum atomic E-state index is 12.9. The van der Waals surface area contributed by atoms with Gasteiger partial charge in [0.05, 0.1) is 12.2 Å². The topological polar surface area (TPSA) is 63.8 Å². The fourth-order valence-electron chi connectivity index (χ4n) is 2.93. The van der Waals surface area contributed by atoms with Gasteiger partial charge in [-0.3, -0.25) is 9.89 Å². The van der Waals surface area contributed by atoms with Gasteiger partial charge in [-0.2, -0.15) is 0 Å². The number of aromatic nitrogens is 2. The molecule has 0 amide bonds. The Morgan fingerprint density at radius 3 is 2.55 bits per heavy atom. The first kappa shape index (κ1) is 13.0. The molecule has 0 aliphatic heterocycles. The normalized spacial score (nSPS) is 15.8. The molecule has 3 rings (SSSR count). The van der Waals surface area contributed by atoms with Crippen molar-refractivity contribution in [3.8, 4) is 0 Å². The number of halogens is 1. The van der Waals surface area contributed by atoms with Crippen LogP contribution in [0.2, 0.25) is 0 Å². The van der Waals surface area contributed by atoms with E-state index < -0.39 is 0 Å². The van der Waals surface area contributed by atoms with Gasteiger partial charge < -0.3 is 5.73 Å². The van der Waals surface area contributed by atoms with Crippen molar-refractivity contribution in [1.29, 1.82) is 0 Å². The Hall–Kier alpha value is -2.04. The Morgan fingerprint density at radius 1 is 1.25 bits per heavy atom. The second-order valence-corrected chi connectivity index (χ2v) is 5.44. The lowest BCUT2D eigenvalue weighted by molar-refractivity contribution is 0.611. The lowest BCUT2D eigenvalue weighted by Crippen LogP contribution is -2.19. The third-order valence-electron chi connectivity index (χ3n) is 4.04. The Morgan fingerprint density at radius 2 is 1.90 bits per heavy atom. The van der Waals surface area contributed by atoms with Crippen LogP contribution in [0, 0.1) is 5.82 Å². The van der Waals surface area contributed by atoms with E-state index in [9.17, 15) is 9.18 Å². The lowest BCUT2D eigenvalue weighted by atomic mass is 10.0. The standard InChI is InChI=1S/C15H18FN3O/c16-12-7-5-10(6-8-12)9-19-15(20)13(17)14(18-19)11-3-1-2-4-11/h5-8,11,18H,1-4,9,17H2. The van der Waals surface area contributed by atoms with Crippen LogP contribution in [0.5, 0.6) is 0 Å².